The van der Waals surface area contributed by atoms with Gasteiger partial charge < -0.3 is 10.4 Å². The van der Waals surface area contributed by atoms with Gasteiger partial charge in [0.1, 0.15) is 0 Å². The van der Waals surface area contributed by atoms with E-state index >= 15 is 0 Å². The fourth-order valence-corrected chi connectivity index (χ4v) is 3.51. The van der Waals surface area contributed by atoms with E-state index in [9.17, 15) is 4.79 Å². The van der Waals surface area contributed by atoms with Crippen molar-refractivity contribution >= 4 is 11.7 Å². The molecule has 1 heterocycles. The van der Waals surface area contributed by atoms with Gasteiger partial charge in [-0.3, -0.25) is 9.69 Å². The predicted molar refractivity (Wildman–Crippen MR) is 101 cm³/mol. The van der Waals surface area contributed by atoms with Gasteiger partial charge in [-0.15, -0.1) is 0 Å². The molecule has 2 aromatic rings. The lowest BCUT2D eigenvalue weighted by molar-refractivity contribution is -0.136. The van der Waals surface area contributed by atoms with Crippen molar-refractivity contribution in [3.63, 3.8) is 0 Å². The number of likely N-dealkylation sites (tertiary alicyclic amines) is 1. The molecule has 1 saturated heterocycles. The molecule has 3 rings (SSSR count). The molecule has 0 aromatic heterocycles. The molecule has 2 N–H and O–H groups in total. The smallest absolute Gasteiger partial charge is 0.303 e. The zero-order chi connectivity index (χ0) is 17.6. The van der Waals surface area contributed by atoms with Gasteiger partial charge in [0.2, 0.25) is 0 Å². The SMILES string of the molecule is CC1CN(Cc2ccccc2)CC1Nc1cccc(CCC(=O)O)c1. The first-order valence-corrected chi connectivity index (χ1v) is 8.93. The minimum atomic E-state index is -0.751. The van der Waals surface area contributed by atoms with Gasteiger partial charge in [-0.25, -0.2) is 0 Å². The summed E-state index contributed by atoms with van der Waals surface area (Å²) in [6, 6.07) is 19.1. The van der Waals surface area contributed by atoms with E-state index in [2.05, 4.69) is 59.6 Å². The summed E-state index contributed by atoms with van der Waals surface area (Å²) >= 11 is 0. The van der Waals surface area contributed by atoms with Gasteiger partial charge >= 0.3 is 5.97 Å². The Bertz CT molecular complexity index is 702. The van der Waals surface area contributed by atoms with Gasteiger partial charge in [-0.05, 0) is 35.6 Å². The van der Waals surface area contributed by atoms with Crippen LogP contribution in [0.3, 0.4) is 0 Å². The molecule has 132 valence electrons. The second-order valence-electron chi connectivity index (χ2n) is 7.00. The molecule has 1 fully saturated rings. The molecule has 1 aliphatic rings. The maximum absolute atomic E-state index is 10.7. The highest BCUT2D eigenvalue weighted by Gasteiger charge is 2.29. The number of nitrogens with one attached hydrogen (secondary N) is 1. The van der Waals surface area contributed by atoms with Crippen LogP contribution in [0.1, 0.15) is 24.5 Å². The number of carboxylic acid groups (broad SMARTS) is 1. The molecule has 25 heavy (non-hydrogen) atoms. The molecular weight excluding hydrogens is 312 g/mol. The Morgan fingerprint density at radius 3 is 2.64 bits per heavy atom. The first kappa shape index (κ1) is 17.5. The molecule has 0 radical (unpaired) electrons. The maximum atomic E-state index is 10.7. The van der Waals surface area contributed by atoms with Crippen molar-refractivity contribution in [2.45, 2.75) is 32.4 Å². The van der Waals surface area contributed by atoms with Crippen LogP contribution in [0.15, 0.2) is 54.6 Å². The molecule has 2 unspecified atom stereocenters. The highest BCUT2D eigenvalue weighted by molar-refractivity contribution is 5.67. The van der Waals surface area contributed by atoms with E-state index in [1.807, 2.05) is 12.1 Å². The lowest BCUT2D eigenvalue weighted by Crippen LogP contribution is -2.28. The maximum Gasteiger partial charge on any atom is 0.303 e. The van der Waals surface area contributed by atoms with Crippen molar-refractivity contribution in [3.8, 4) is 0 Å². The standard InChI is InChI=1S/C21H26N2O2/c1-16-13-23(14-18-6-3-2-4-7-18)15-20(16)22-19-9-5-8-17(12-19)10-11-21(24)25/h2-9,12,16,20,22H,10-11,13-15H2,1H3,(H,24,25). The van der Waals surface area contributed by atoms with Gasteiger partial charge in [0.15, 0.2) is 0 Å². The van der Waals surface area contributed by atoms with Crippen LogP contribution in [-0.4, -0.2) is 35.1 Å². The summed E-state index contributed by atoms with van der Waals surface area (Å²) in [5.41, 5.74) is 3.51. The average molecular weight is 338 g/mol. The molecule has 0 saturated carbocycles. The molecule has 2 atom stereocenters. The van der Waals surface area contributed by atoms with Crippen LogP contribution in [0.4, 0.5) is 5.69 Å². The molecule has 0 amide bonds. The first-order chi connectivity index (χ1) is 12.1. The summed E-state index contributed by atoms with van der Waals surface area (Å²) in [4.78, 5) is 13.2. The Morgan fingerprint density at radius 2 is 1.88 bits per heavy atom. The molecule has 0 bridgehead atoms. The number of aliphatic carboxylic acids is 1. The number of carboxylic acids is 1. The summed E-state index contributed by atoms with van der Waals surface area (Å²) < 4.78 is 0. The Balaban J connectivity index is 1.57. The van der Waals surface area contributed by atoms with Gasteiger partial charge in [0, 0.05) is 37.8 Å². The van der Waals surface area contributed by atoms with E-state index in [0.29, 0.717) is 18.4 Å². The van der Waals surface area contributed by atoms with Gasteiger partial charge in [-0.1, -0.05) is 49.4 Å². The number of anilines is 1. The number of hydrogen-bond acceptors (Lipinski definition) is 3. The summed E-state index contributed by atoms with van der Waals surface area (Å²) in [6.07, 6.45) is 0.749. The van der Waals surface area contributed by atoms with Crippen molar-refractivity contribution in [1.29, 1.82) is 0 Å². The molecule has 0 spiro atoms. The summed E-state index contributed by atoms with van der Waals surface area (Å²) in [6.45, 7) is 5.39. The third-order valence-electron chi connectivity index (χ3n) is 4.84. The molecule has 1 aliphatic heterocycles. The number of aryl methyl sites for hydroxylation is 1. The molecule has 4 nitrogen and oxygen atoms in total. The lowest BCUT2D eigenvalue weighted by Gasteiger charge is -2.19. The van der Waals surface area contributed by atoms with E-state index in [0.717, 1.165) is 30.9 Å². The normalized spacial score (nSPS) is 20.5. The predicted octanol–water partition coefficient (Wildman–Crippen LogP) is 3.64. The summed E-state index contributed by atoms with van der Waals surface area (Å²) in [7, 11) is 0. The molecule has 2 aromatic carbocycles. The van der Waals surface area contributed by atoms with Crippen LogP contribution in [0, 0.1) is 5.92 Å². The lowest BCUT2D eigenvalue weighted by atomic mass is 10.0. The van der Waals surface area contributed by atoms with Crippen molar-refractivity contribution in [2.75, 3.05) is 18.4 Å². The highest BCUT2D eigenvalue weighted by atomic mass is 16.4. The number of hydrogen-bond donors (Lipinski definition) is 2. The fourth-order valence-electron chi connectivity index (χ4n) is 3.51. The molecular formula is C21H26N2O2. The fraction of sp³-hybridized carbons (Fsp3) is 0.381. The Kier molecular flexibility index (Phi) is 5.71. The van der Waals surface area contributed by atoms with E-state index in [4.69, 9.17) is 5.11 Å². The Hall–Kier alpha value is -2.33. The second kappa shape index (κ2) is 8.17. The number of carbonyl (C=O) groups is 1. The van der Waals surface area contributed by atoms with E-state index in [-0.39, 0.29) is 6.42 Å². The van der Waals surface area contributed by atoms with Crippen LogP contribution in [-0.2, 0) is 17.8 Å². The number of rotatable bonds is 7. The van der Waals surface area contributed by atoms with E-state index in [1.165, 1.54) is 5.56 Å². The Labute approximate surface area is 149 Å². The molecule has 0 aliphatic carbocycles. The quantitative estimate of drug-likeness (QED) is 0.809. The third kappa shape index (κ3) is 5.07. The third-order valence-corrected chi connectivity index (χ3v) is 4.84. The van der Waals surface area contributed by atoms with Crippen molar-refractivity contribution in [3.05, 3.63) is 65.7 Å². The topological polar surface area (TPSA) is 52.6 Å². The van der Waals surface area contributed by atoms with Crippen LogP contribution in [0.2, 0.25) is 0 Å². The van der Waals surface area contributed by atoms with Crippen LogP contribution in [0.25, 0.3) is 0 Å². The summed E-state index contributed by atoms with van der Waals surface area (Å²) in [5, 5.41) is 12.5. The van der Waals surface area contributed by atoms with Gasteiger partial charge in [0.25, 0.3) is 0 Å². The van der Waals surface area contributed by atoms with E-state index in [1.54, 1.807) is 0 Å². The van der Waals surface area contributed by atoms with Crippen molar-refractivity contribution in [1.82, 2.24) is 4.90 Å². The highest BCUT2D eigenvalue weighted by Crippen LogP contribution is 2.23. The number of benzene rings is 2. The molecule has 4 heteroatoms. The largest absolute Gasteiger partial charge is 0.481 e. The minimum Gasteiger partial charge on any atom is -0.481 e. The zero-order valence-electron chi connectivity index (χ0n) is 14.7. The minimum absolute atomic E-state index is 0.175. The number of nitrogens with zero attached hydrogens (tertiary/aromatic N) is 1. The first-order valence-electron chi connectivity index (χ1n) is 8.93. The summed E-state index contributed by atoms with van der Waals surface area (Å²) in [5.74, 6) is -0.175. The zero-order valence-corrected chi connectivity index (χ0v) is 14.7. The van der Waals surface area contributed by atoms with Crippen LogP contribution in [0.5, 0.6) is 0 Å². The van der Waals surface area contributed by atoms with Gasteiger partial charge in [-0.2, -0.15) is 0 Å². The van der Waals surface area contributed by atoms with Crippen molar-refractivity contribution in [2.24, 2.45) is 5.92 Å². The van der Waals surface area contributed by atoms with E-state index < -0.39 is 5.97 Å². The van der Waals surface area contributed by atoms with Crippen molar-refractivity contribution < 1.29 is 9.90 Å². The average Bonchev–Trinajstić information content (AvgIpc) is 2.93. The van der Waals surface area contributed by atoms with Gasteiger partial charge in [0.05, 0.1) is 0 Å². The van der Waals surface area contributed by atoms with Crippen LogP contribution < -0.4 is 5.32 Å². The Morgan fingerprint density at radius 1 is 1.12 bits per heavy atom. The monoisotopic (exact) mass is 338 g/mol. The van der Waals surface area contributed by atoms with Crippen LogP contribution >= 0.6 is 0 Å². The second-order valence-corrected chi connectivity index (χ2v) is 7.00.